The van der Waals surface area contributed by atoms with E-state index in [-0.39, 0.29) is 18.3 Å². The first-order valence-corrected chi connectivity index (χ1v) is 9.30. The molecule has 2 aliphatic rings. The molecule has 0 saturated carbocycles. The third-order valence-corrected chi connectivity index (χ3v) is 5.82. The lowest BCUT2D eigenvalue weighted by molar-refractivity contribution is 0.0759. The summed E-state index contributed by atoms with van der Waals surface area (Å²) in [6, 6.07) is 7.56. The van der Waals surface area contributed by atoms with Crippen molar-refractivity contribution in [2.24, 2.45) is 18.9 Å². The smallest absolute Gasteiger partial charge is 0.257 e. The highest BCUT2D eigenvalue weighted by atomic mass is 35.5. The van der Waals surface area contributed by atoms with Crippen molar-refractivity contribution in [3.63, 3.8) is 0 Å². The van der Waals surface area contributed by atoms with Gasteiger partial charge in [-0.25, -0.2) is 0 Å². The summed E-state index contributed by atoms with van der Waals surface area (Å²) in [6.07, 6.45) is 3.96. The number of hydrogen-bond acceptors (Lipinski definition) is 3. The van der Waals surface area contributed by atoms with E-state index in [0.717, 1.165) is 44.6 Å². The maximum absolute atomic E-state index is 13.2. The molecule has 7 heteroatoms. The van der Waals surface area contributed by atoms with Crippen molar-refractivity contribution >= 4 is 29.9 Å². The van der Waals surface area contributed by atoms with E-state index in [1.54, 1.807) is 4.68 Å². The number of halogens is 2. The Kier molecular flexibility index (Phi) is 5.90. The highest BCUT2D eigenvalue weighted by Crippen LogP contribution is 2.31. The standard InChI is InChI=1S/C19H23ClN4O.ClH/c1-23-12-16(18(22-23)15-4-2-3-5-17(15)20)19(25)24-8-6-13-10-21-11-14(13)7-9-24;/h2-5,12-14,21H,6-11H2,1H3;1H/t13-,14+;. The molecule has 0 bridgehead atoms. The van der Waals surface area contributed by atoms with Crippen LogP contribution in [0.25, 0.3) is 11.3 Å². The monoisotopic (exact) mass is 394 g/mol. The molecule has 2 aromatic rings. The summed E-state index contributed by atoms with van der Waals surface area (Å²) in [5, 5.41) is 8.61. The van der Waals surface area contributed by atoms with Crippen LogP contribution in [0, 0.1) is 11.8 Å². The van der Waals surface area contributed by atoms with Gasteiger partial charge < -0.3 is 10.2 Å². The number of aryl methyl sites for hydroxylation is 1. The molecule has 26 heavy (non-hydrogen) atoms. The predicted molar refractivity (Wildman–Crippen MR) is 106 cm³/mol. The zero-order chi connectivity index (χ0) is 17.4. The normalized spacial score (nSPS) is 22.5. The zero-order valence-corrected chi connectivity index (χ0v) is 16.4. The van der Waals surface area contributed by atoms with Gasteiger partial charge in [-0.3, -0.25) is 9.48 Å². The molecule has 2 saturated heterocycles. The van der Waals surface area contributed by atoms with Gasteiger partial charge in [-0.1, -0.05) is 29.8 Å². The summed E-state index contributed by atoms with van der Waals surface area (Å²) in [5.74, 6) is 1.47. The van der Waals surface area contributed by atoms with E-state index in [0.29, 0.717) is 28.1 Å². The number of rotatable bonds is 2. The molecule has 0 unspecified atom stereocenters. The molecular weight excluding hydrogens is 371 g/mol. The number of benzene rings is 1. The Labute approximate surface area is 165 Å². The van der Waals surface area contributed by atoms with Crippen LogP contribution >= 0.6 is 24.0 Å². The lowest BCUT2D eigenvalue weighted by Gasteiger charge is -2.21. The fourth-order valence-electron chi connectivity index (χ4n) is 4.09. The van der Waals surface area contributed by atoms with Crippen molar-refractivity contribution in [1.82, 2.24) is 20.0 Å². The molecule has 1 amide bonds. The number of amides is 1. The van der Waals surface area contributed by atoms with Crippen molar-refractivity contribution < 1.29 is 4.79 Å². The summed E-state index contributed by atoms with van der Waals surface area (Å²) in [4.78, 5) is 15.2. The SMILES string of the molecule is Cl.Cn1cc(C(=O)N2CC[C@@H]3CNC[C@@H]3CC2)c(-c2ccccc2Cl)n1. The topological polar surface area (TPSA) is 50.2 Å². The predicted octanol–water partition coefficient (Wildman–Crippen LogP) is 3.23. The van der Waals surface area contributed by atoms with Crippen molar-refractivity contribution in [3.8, 4) is 11.3 Å². The quantitative estimate of drug-likeness (QED) is 0.850. The van der Waals surface area contributed by atoms with Gasteiger partial charge in [0.2, 0.25) is 0 Å². The van der Waals surface area contributed by atoms with Gasteiger partial charge in [-0.15, -0.1) is 12.4 Å². The lowest BCUT2D eigenvalue weighted by Crippen LogP contribution is -2.32. The molecule has 2 fully saturated rings. The maximum Gasteiger partial charge on any atom is 0.257 e. The minimum atomic E-state index is 0. The number of likely N-dealkylation sites (tertiary alicyclic amines) is 1. The Morgan fingerprint density at radius 3 is 2.50 bits per heavy atom. The second-order valence-electron chi connectivity index (χ2n) is 7.09. The van der Waals surface area contributed by atoms with Gasteiger partial charge in [-0.2, -0.15) is 5.10 Å². The fraction of sp³-hybridized carbons (Fsp3) is 0.474. The molecule has 1 N–H and O–H groups in total. The highest BCUT2D eigenvalue weighted by molar-refractivity contribution is 6.33. The first-order valence-electron chi connectivity index (χ1n) is 8.92. The van der Waals surface area contributed by atoms with Crippen LogP contribution in [0.15, 0.2) is 30.5 Å². The highest BCUT2D eigenvalue weighted by Gasteiger charge is 2.32. The van der Waals surface area contributed by atoms with Crippen LogP contribution in [0.4, 0.5) is 0 Å². The van der Waals surface area contributed by atoms with Crippen molar-refractivity contribution in [2.45, 2.75) is 12.8 Å². The second-order valence-corrected chi connectivity index (χ2v) is 7.50. The molecule has 1 aromatic heterocycles. The molecule has 0 radical (unpaired) electrons. The van der Waals surface area contributed by atoms with Crippen LogP contribution < -0.4 is 5.32 Å². The van der Waals surface area contributed by atoms with Gasteiger partial charge in [0.25, 0.3) is 5.91 Å². The molecule has 3 heterocycles. The third kappa shape index (κ3) is 3.61. The average Bonchev–Trinajstić information content (AvgIpc) is 3.16. The first-order chi connectivity index (χ1) is 12.1. The Balaban J connectivity index is 0.00000196. The van der Waals surface area contributed by atoms with Crippen LogP contribution in [0.2, 0.25) is 5.02 Å². The summed E-state index contributed by atoms with van der Waals surface area (Å²) in [5.41, 5.74) is 2.12. The van der Waals surface area contributed by atoms with Gasteiger partial charge in [-0.05, 0) is 43.8 Å². The van der Waals surface area contributed by atoms with Crippen LogP contribution in [0.3, 0.4) is 0 Å². The van der Waals surface area contributed by atoms with E-state index in [1.807, 2.05) is 42.4 Å². The zero-order valence-electron chi connectivity index (χ0n) is 14.8. The Morgan fingerprint density at radius 2 is 1.85 bits per heavy atom. The van der Waals surface area contributed by atoms with Crippen molar-refractivity contribution in [2.75, 3.05) is 26.2 Å². The van der Waals surface area contributed by atoms with Gasteiger partial charge in [0.05, 0.1) is 10.6 Å². The molecule has 140 valence electrons. The van der Waals surface area contributed by atoms with Gasteiger partial charge in [0.15, 0.2) is 0 Å². The van der Waals surface area contributed by atoms with Crippen LogP contribution in [-0.2, 0) is 7.05 Å². The van der Waals surface area contributed by atoms with Crippen LogP contribution in [0.5, 0.6) is 0 Å². The largest absolute Gasteiger partial charge is 0.339 e. The van der Waals surface area contributed by atoms with Crippen LogP contribution in [-0.4, -0.2) is 46.8 Å². The Bertz CT molecular complexity index is 778. The van der Waals surface area contributed by atoms with E-state index in [1.165, 1.54) is 0 Å². The van der Waals surface area contributed by atoms with Crippen LogP contribution in [0.1, 0.15) is 23.2 Å². The van der Waals surface area contributed by atoms with E-state index in [4.69, 9.17) is 11.6 Å². The molecule has 0 aliphatic carbocycles. The summed E-state index contributed by atoms with van der Waals surface area (Å²) < 4.78 is 1.70. The second kappa shape index (κ2) is 7.99. The minimum Gasteiger partial charge on any atom is -0.339 e. The lowest BCUT2D eigenvalue weighted by atomic mass is 9.92. The minimum absolute atomic E-state index is 0. The Morgan fingerprint density at radius 1 is 1.19 bits per heavy atom. The first kappa shape index (κ1) is 19.2. The number of carbonyl (C=O) groups is 1. The fourth-order valence-corrected chi connectivity index (χ4v) is 4.31. The molecule has 4 rings (SSSR count). The number of nitrogens with zero attached hydrogens (tertiary/aromatic N) is 3. The number of hydrogen-bond donors (Lipinski definition) is 1. The number of nitrogens with one attached hydrogen (secondary N) is 1. The summed E-state index contributed by atoms with van der Waals surface area (Å²) in [7, 11) is 1.84. The number of aromatic nitrogens is 2. The van der Waals surface area contributed by atoms with Gasteiger partial charge in [0, 0.05) is 31.9 Å². The maximum atomic E-state index is 13.2. The molecule has 5 nitrogen and oxygen atoms in total. The molecular formula is C19H24Cl2N4O. The van der Waals surface area contributed by atoms with E-state index >= 15 is 0 Å². The summed E-state index contributed by atoms with van der Waals surface area (Å²) >= 11 is 6.34. The number of carbonyl (C=O) groups excluding carboxylic acids is 1. The number of fused-ring (bicyclic) bond motifs is 1. The van der Waals surface area contributed by atoms with Gasteiger partial charge in [0.1, 0.15) is 5.69 Å². The van der Waals surface area contributed by atoms with Gasteiger partial charge >= 0.3 is 0 Å². The van der Waals surface area contributed by atoms with E-state index in [9.17, 15) is 4.79 Å². The van der Waals surface area contributed by atoms with Crippen molar-refractivity contribution in [3.05, 3.63) is 41.0 Å². The third-order valence-electron chi connectivity index (χ3n) is 5.49. The summed E-state index contributed by atoms with van der Waals surface area (Å²) in [6.45, 7) is 3.81. The molecule has 0 spiro atoms. The van der Waals surface area contributed by atoms with Crippen molar-refractivity contribution in [1.29, 1.82) is 0 Å². The molecule has 1 aromatic carbocycles. The molecule has 2 aliphatic heterocycles. The average molecular weight is 395 g/mol. The van der Waals surface area contributed by atoms with E-state index < -0.39 is 0 Å². The molecule has 2 atom stereocenters. The van der Waals surface area contributed by atoms with E-state index in [2.05, 4.69) is 10.4 Å². The Hall–Kier alpha value is -1.56.